The van der Waals surface area contributed by atoms with E-state index in [4.69, 9.17) is 0 Å². The molecule has 2 aromatic carbocycles. The first kappa shape index (κ1) is 21.4. The lowest BCUT2D eigenvalue weighted by molar-refractivity contribution is 0.491. The highest BCUT2D eigenvalue weighted by Gasteiger charge is 2.23. The van der Waals surface area contributed by atoms with Crippen molar-refractivity contribution in [2.45, 2.75) is 56.9 Å². The van der Waals surface area contributed by atoms with Gasteiger partial charge < -0.3 is 0 Å². The molecule has 8 heteroatoms. The van der Waals surface area contributed by atoms with Gasteiger partial charge in [0.15, 0.2) is 0 Å². The van der Waals surface area contributed by atoms with Crippen LogP contribution >= 0.6 is 0 Å². The third kappa shape index (κ3) is 5.31. The molecule has 0 radical (unpaired) electrons. The second kappa shape index (κ2) is 7.26. The van der Waals surface area contributed by atoms with Crippen LogP contribution in [0.2, 0.25) is 0 Å². The first-order chi connectivity index (χ1) is 12.2. The van der Waals surface area contributed by atoms with Gasteiger partial charge in [0.05, 0.1) is 9.79 Å². The van der Waals surface area contributed by atoms with Gasteiger partial charge in [0.25, 0.3) is 10.0 Å². The van der Waals surface area contributed by atoms with Crippen molar-refractivity contribution in [3.8, 4) is 0 Å². The van der Waals surface area contributed by atoms with E-state index in [0.717, 1.165) is 5.56 Å². The highest BCUT2D eigenvalue weighted by Crippen LogP contribution is 2.25. The molecule has 0 fully saturated rings. The van der Waals surface area contributed by atoms with Gasteiger partial charge in [0.2, 0.25) is 10.0 Å². The van der Waals surface area contributed by atoms with E-state index in [9.17, 15) is 16.8 Å². The van der Waals surface area contributed by atoms with Crippen LogP contribution in [-0.2, 0) is 20.0 Å². The van der Waals surface area contributed by atoms with Gasteiger partial charge in [-0.25, -0.2) is 21.6 Å². The van der Waals surface area contributed by atoms with Crippen LogP contribution in [0.3, 0.4) is 0 Å². The Labute approximate surface area is 162 Å². The highest BCUT2D eigenvalue weighted by molar-refractivity contribution is 7.92. The molecule has 0 bridgehead atoms. The monoisotopic (exact) mass is 410 g/mol. The minimum Gasteiger partial charge on any atom is -0.280 e. The number of sulfonamides is 2. The van der Waals surface area contributed by atoms with Gasteiger partial charge in [0.1, 0.15) is 0 Å². The molecule has 0 unspecified atom stereocenters. The van der Waals surface area contributed by atoms with Gasteiger partial charge in [-0.15, -0.1) is 0 Å². The molecule has 0 spiro atoms. The van der Waals surface area contributed by atoms with E-state index in [1.807, 2.05) is 19.1 Å². The topological polar surface area (TPSA) is 92.3 Å². The smallest absolute Gasteiger partial charge is 0.262 e. The molecule has 0 aliphatic heterocycles. The Balaban J connectivity index is 2.32. The molecule has 2 N–H and O–H groups in total. The third-order valence-electron chi connectivity index (χ3n) is 3.73. The predicted octanol–water partition coefficient (Wildman–Crippen LogP) is 3.49. The first-order valence-corrected chi connectivity index (χ1v) is 11.4. The van der Waals surface area contributed by atoms with Gasteiger partial charge in [-0.05, 0) is 76.9 Å². The van der Waals surface area contributed by atoms with Crippen molar-refractivity contribution in [3.05, 3.63) is 53.1 Å². The summed E-state index contributed by atoms with van der Waals surface area (Å²) in [7, 11) is -7.46. The van der Waals surface area contributed by atoms with E-state index in [-0.39, 0.29) is 9.79 Å². The van der Waals surface area contributed by atoms with E-state index in [1.165, 1.54) is 24.3 Å². The van der Waals surface area contributed by atoms with Gasteiger partial charge in [0, 0.05) is 11.2 Å². The molecule has 0 atom stereocenters. The van der Waals surface area contributed by atoms with Crippen LogP contribution in [0, 0.1) is 20.8 Å². The molecular formula is C19H26N2O4S2. The molecule has 0 aliphatic carbocycles. The van der Waals surface area contributed by atoms with Crippen LogP contribution in [0.25, 0.3) is 0 Å². The fraction of sp³-hybridized carbons (Fsp3) is 0.368. The van der Waals surface area contributed by atoms with Crippen LogP contribution in [0.1, 0.15) is 37.5 Å². The van der Waals surface area contributed by atoms with E-state index < -0.39 is 25.6 Å². The summed E-state index contributed by atoms with van der Waals surface area (Å²) in [6.07, 6.45) is 0. The van der Waals surface area contributed by atoms with Crippen molar-refractivity contribution in [1.82, 2.24) is 4.72 Å². The quantitative estimate of drug-likeness (QED) is 0.789. The molecule has 2 aromatic rings. The van der Waals surface area contributed by atoms with Crippen molar-refractivity contribution in [2.75, 3.05) is 4.72 Å². The molecule has 0 aliphatic rings. The van der Waals surface area contributed by atoms with Crippen LogP contribution in [-0.4, -0.2) is 22.4 Å². The summed E-state index contributed by atoms with van der Waals surface area (Å²) in [4.78, 5) is 0.308. The van der Waals surface area contributed by atoms with E-state index >= 15 is 0 Å². The van der Waals surface area contributed by atoms with Crippen LogP contribution in [0.4, 0.5) is 5.69 Å². The van der Waals surface area contributed by atoms with Crippen LogP contribution in [0.5, 0.6) is 0 Å². The van der Waals surface area contributed by atoms with Crippen LogP contribution < -0.4 is 9.44 Å². The largest absolute Gasteiger partial charge is 0.280 e. The normalized spacial score (nSPS) is 12.8. The molecular weight excluding hydrogens is 384 g/mol. The Bertz CT molecular complexity index is 1030. The predicted molar refractivity (Wildman–Crippen MR) is 108 cm³/mol. The molecule has 0 saturated heterocycles. The Morgan fingerprint density at radius 1 is 0.778 bits per heavy atom. The molecule has 0 aromatic heterocycles. The van der Waals surface area contributed by atoms with Gasteiger partial charge in [-0.1, -0.05) is 17.7 Å². The maximum Gasteiger partial charge on any atom is 0.262 e. The lowest BCUT2D eigenvalue weighted by Gasteiger charge is -2.20. The Kier molecular flexibility index (Phi) is 5.75. The lowest BCUT2D eigenvalue weighted by Crippen LogP contribution is -2.40. The van der Waals surface area contributed by atoms with E-state index in [2.05, 4.69) is 9.44 Å². The number of aryl methyl sites for hydroxylation is 3. The summed E-state index contributed by atoms with van der Waals surface area (Å²) in [5.74, 6) is 0. The summed E-state index contributed by atoms with van der Waals surface area (Å²) in [5, 5.41) is 0. The maximum atomic E-state index is 12.8. The number of anilines is 1. The molecule has 148 valence electrons. The zero-order valence-electron chi connectivity index (χ0n) is 16.4. The SMILES string of the molecule is Cc1cc(C)c(S(=O)(=O)Nc2ccc(S(=O)(=O)NC(C)(C)C)cc2)c(C)c1. The third-order valence-corrected chi connectivity index (χ3v) is 7.19. The summed E-state index contributed by atoms with van der Waals surface area (Å²) >= 11 is 0. The van der Waals surface area contributed by atoms with Gasteiger partial charge >= 0.3 is 0 Å². The van der Waals surface area contributed by atoms with Gasteiger partial charge in [-0.3, -0.25) is 4.72 Å². The average molecular weight is 411 g/mol. The highest BCUT2D eigenvalue weighted by atomic mass is 32.2. The minimum atomic E-state index is -3.78. The lowest BCUT2D eigenvalue weighted by atomic mass is 10.1. The van der Waals surface area contributed by atoms with E-state index in [0.29, 0.717) is 16.8 Å². The molecule has 0 saturated carbocycles. The number of hydrogen-bond donors (Lipinski definition) is 2. The summed E-state index contributed by atoms with van der Waals surface area (Å²) in [5.41, 5.74) is 2.00. The standard InChI is InChI=1S/C19H26N2O4S2/c1-13-11-14(2)18(15(3)12-13)27(24,25)20-16-7-9-17(10-8-16)26(22,23)21-19(4,5)6/h7-12,20-21H,1-6H3. The fourth-order valence-electron chi connectivity index (χ4n) is 2.96. The van der Waals surface area contributed by atoms with Crippen molar-refractivity contribution >= 4 is 25.7 Å². The number of benzene rings is 2. The summed E-state index contributed by atoms with van der Waals surface area (Å²) < 4.78 is 55.3. The van der Waals surface area contributed by atoms with Crippen molar-refractivity contribution in [3.63, 3.8) is 0 Å². The van der Waals surface area contributed by atoms with Crippen molar-refractivity contribution < 1.29 is 16.8 Å². The first-order valence-electron chi connectivity index (χ1n) is 8.46. The molecule has 6 nitrogen and oxygen atoms in total. The fourth-order valence-corrected chi connectivity index (χ4v) is 5.89. The number of rotatable bonds is 5. The molecule has 2 rings (SSSR count). The molecule has 27 heavy (non-hydrogen) atoms. The average Bonchev–Trinajstić information content (AvgIpc) is 2.43. The van der Waals surface area contributed by atoms with Gasteiger partial charge in [-0.2, -0.15) is 0 Å². The summed E-state index contributed by atoms with van der Waals surface area (Å²) in [6, 6.07) is 9.26. The second-order valence-electron chi connectivity index (χ2n) is 7.71. The van der Waals surface area contributed by atoms with Crippen molar-refractivity contribution in [2.24, 2.45) is 0 Å². The second-order valence-corrected chi connectivity index (χ2v) is 11.0. The Hall–Kier alpha value is -1.90. The number of hydrogen-bond acceptors (Lipinski definition) is 4. The maximum absolute atomic E-state index is 12.8. The minimum absolute atomic E-state index is 0.0723. The number of nitrogens with one attached hydrogen (secondary N) is 2. The Morgan fingerprint density at radius 3 is 1.70 bits per heavy atom. The van der Waals surface area contributed by atoms with E-state index in [1.54, 1.807) is 34.6 Å². The van der Waals surface area contributed by atoms with Crippen LogP contribution in [0.15, 0.2) is 46.2 Å². The molecule has 0 amide bonds. The van der Waals surface area contributed by atoms with Crippen molar-refractivity contribution in [1.29, 1.82) is 0 Å². The zero-order chi connectivity index (χ0) is 20.6. The Morgan fingerprint density at radius 2 is 1.26 bits per heavy atom. The summed E-state index contributed by atoms with van der Waals surface area (Å²) in [6.45, 7) is 10.7. The zero-order valence-corrected chi connectivity index (χ0v) is 18.0. The molecule has 0 heterocycles.